The summed E-state index contributed by atoms with van der Waals surface area (Å²) >= 11 is 0. The van der Waals surface area contributed by atoms with Gasteiger partial charge < -0.3 is 4.90 Å². The van der Waals surface area contributed by atoms with Crippen LogP contribution < -0.4 is 10.4 Å². The second-order valence-corrected chi connectivity index (χ2v) is 6.95. The molecule has 2 amide bonds. The molecule has 136 valence electrons. The highest BCUT2D eigenvalue weighted by molar-refractivity contribution is 7.59. The average Bonchev–Trinajstić information content (AvgIpc) is 3.02. The number of hydrogen-bond acceptors (Lipinski definition) is 3. The third-order valence-electron chi connectivity index (χ3n) is 5.43. The minimum atomic E-state index is -0.523. The van der Waals surface area contributed by atoms with Crippen LogP contribution in [0.15, 0.2) is 48.5 Å². The number of carbonyl (C=O) groups is 2. The Kier molecular flexibility index (Phi) is 5.07. The lowest BCUT2D eigenvalue weighted by atomic mass is 9.76. The van der Waals surface area contributed by atoms with Crippen molar-refractivity contribution in [1.29, 1.82) is 0 Å². The Morgan fingerprint density at radius 1 is 1.08 bits per heavy atom. The Morgan fingerprint density at radius 3 is 2.54 bits per heavy atom. The van der Waals surface area contributed by atoms with Crippen LogP contribution in [0.3, 0.4) is 0 Å². The smallest absolute Gasteiger partial charge is 0.274 e. The van der Waals surface area contributed by atoms with Crippen LogP contribution in [0.5, 0.6) is 0 Å². The van der Waals surface area contributed by atoms with Crippen molar-refractivity contribution in [1.82, 2.24) is 5.48 Å². The summed E-state index contributed by atoms with van der Waals surface area (Å²) in [6.45, 7) is 0.749. The number of para-hydroxylation sites is 1. The van der Waals surface area contributed by atoms with Crippen molar-refractivity contribution >= 4 is 31.0 Å². The lowest BCUT2D eigenvalue weighted by Gasteiger charge is -2.39. The number of nitrogens with zero attached hydrogens (tertiary/aromatic N) is 1. The standard InChI is InChI=1S/C20H20N2O3.H2S/c23-18(21-25)14-7-8-15-12-20(13-16(15)11-14)9-4-10-22(19(20)24)17-5-2-1-3-6-17;/h1-3,5-8,11,25H,4,9-10,12-13H2,(H,21,23);1H2/t20-;/m0./s1. The van der Waals surface area contributed by atoms with Gasteiger partial charge in [-0.1, -0.05) is 24.3 Å². The van der Waals surface area contributed by atoms with E-state index in [4.69, 9.17) is 5.21 Å². The van der Waals surface area contributed by atoms with E-state index in [1.165, 1.54) is 0 Å². The van der Waals surface area contributed by atoms with E-state index in [-0.39, 0.29) is 19.4 Å². The van der Waals surface area contributed by atoms with Crippen LogP contribution in [-0.2, 0) is 17.6 Å². The van der Waals surface area contributed by atoms with Gasteiger partial charge in [0.1, 0.15) is 0 Å². The molecule has 0 aromatic heterocycles. The molecule has 0 radical (unpaired) electrons. The maximum atomic E-state index is 13.3. The number of hydrogen-bond donors (Lipinski definition) is 2. The number of carbonyl (C=O) groups excluding carboxylic acids is 2. The first-order valence-electron chi connectivity index (χ1n) is 8.56. The monoisotopic (exact) mass is 370 g/mol. The van der Waals surface area contributed by atoms with Gasteiger partial charge in [0.15, 0.2) is 0 Å². The third kappa shape index (κ3) is 2.99. The summed E-state index contributed by atoms with van der Waals surface area (Å²) in [6, 6.07) is 15.2. The van der Waals surface area contributed by atoms with E-state index in [2.05, 4.69) is 0 Å². The van der Waals surface area contributed by atoms with Gasteiger partial charge in [-0.25, -0.2) is 5.48 Å². The van der Waals surface area contributed by atoms with E-state index in [0.717, 1.165) is 36.2 Å². The van der Waals surface area contributed by atoms with Crippen LogP contribution in [0.1, 0.15) is 34.3 Å². The number of anilines is 1. The first-order chi connectivity index (χ1) is 12.1. The van der Waals surface area contributed by atoms with Gasteiger partial charge in [0.05, 0.1) is 5.41 Å². The Hall–Kier alpha value is -2.31. The van der Waals surface area contributed by atoms with Crippen molar-refractivity contribution in [3.05, 3.63) is 65.2 Å². The van der Waals surface area contributed by atoms with E-state index in [9.17, 15) is 9.59 Å². The zero-order valence-electron chi connectivity index (χ0n) is 14.4. The highest BCUT2D eigenvalue weighted by Gasteiger charge is 2.48. The summed E-state index contributed by atoms with van der Waals surface area (Å²) in [4.78, 5) is 26.8. The fraction of sp³-hybridized carbons (Fsp3) is 0.300. The summed E-state index contributed by atoms with van der Waals surface area (Å²) < 4.78 is 0. The highest BCUT2D eigenvalue weighted by atomic mass is 32.1. The minimum Gasteiger partial charge on any atom is -0.312 e. The first kappa shape index (κ1) is 18.5. The summed E-state index contributed by atoms with van der Waals surface area (Å²) in [7, 11) is 0. The molecule has 26 heavy (non-hydrogen) atoms. The SMILES string of the molecule is O=C(NO)c1ccc2c(c1)C[C@]1(CCCN(c3ccccc3)C1=O)C2.S. The number of rotatable bonds is 2. The van der Waals surface area contributed by atoms with Gasteiger partial charge in [0.2, 0.25) is 5.91 Å². The summed E-state index contributed by atoms with van der Waals surface area (Å²) in [5.74, 6) is -0.348. The molecule has 1 atom stereocenters. The minimum absolute atomic E-state index is 0. The zero-order chi connectivity index (χ0) is 17.4. The second-order valence-electron chi connectivity index (χ2n) is 6.95. The van der Waals surface area contributed by atoms with Crippen molar-refractivity contribution < 1.29 is 14.8 Å². The Morgan fingerprint density at radius 2 is 1.81 bits per heavy atom. The molecule has 2 aliphatic rings. The van der Waals surface area contributed by atoms with Crippen LogP contribution in [0, 0.1) is 5.41 Å². The van der Waals surface area contributed by atoms with Gasteiger partial charge in [0, 0.05) is 17.8 Å². The van der Waals surface area contributed by atoms with E-state index in [1.807, 2.05) is 41.3 Å². The van der Waals surface area contributed by atoms with Crippen molar-refractivity contribution in [3.8, 4) is 0 Å². The molecule has 1 fully saturated rings. The molecule has 0 unspecified atom stereocenters. The highest BCUT2D eigenvalue weighted by Crippen LogP contribution is 2.45. The number of benzene rings is 2. The van der Waals surface area contributed by atoms with Crippen LogP contribution in [0.4, 0.5) is 5.69 Å². The topological polar surface area (TPSA) is 69.6 Å². The molecule has 4 rings (SSSR count). The van der Waals surface area contributed by atoms with E-state index >= 15 is 0 Å². The molecule has 1 aliphatic heterocycles. The Balaban J connectivity index is 0.00000196. The molecule has 1 saturated heterocycles. The molecular formula is C20H22N2O3S. The summed E-state index contributed by atoms with van der Waals surface area (Å²) in [5, 5.41) is 8.82. The van der Waals surface area contributed by atoms with Gasteiger partial charge in [-0.15, -0.1) is 0 Å². The van der Waals surface area contributed by atoms with Crippen molar-refractivity contribution in [2.45, 2.75) is 25.7 Å². The Labute approximate surface area is 159 Å². The average molecular weight is 370 g/mol. The van der Waals surface area contributed by atoms with Gasteiger partial charge in [-0.3, -0.25) is 14.8 Å². The Bertz CT molecular complexity index is 840. The number of amides is 2. The van der Waals surface area contributed by atoms with Crippen molar-refractivity contribution in [3.63, 3.8) is 0 Å². The van der Waals surface area contributed by atoms with E-state index < -0.39 is 11.3 Å². The summed E-state index contributed by atoms with van der Waals surface area (Å²) in [6.07, 6.45) is 3.20. The molecule has 0 saturated carbocycles. The molecular weight excluding hydrogens is 348 g/mol. The first-order valence-corrected chi connectivity index (χ1v) is 8.56. The number of fused-ring (bicyclic) bond motifs is 1. The second kappa shape index (κ2) is 7.13. The molecule has 2 aromatic carbocycles. The lowest BCUT2D eigenvalue weighted by Crippen LogP contribution is -2.49. The third-order valence-corrected chi connectivity index (χ3v) is 5.43. The number of piperidine rings is 1. The van der Waals surface area contributed by atoms with Crippen molar-refractivity contribution in [2.75, 3.05) is 11.4 Å². The number of nitrogens with one attached hydrogen (secondary N) is 1. The van der Waals surface area contributed by atoms with E-state index in [1.54, 1.807) is 17.6 Å². The molecule has 1 heterocycles. The van der Waals surface area contributed by atoms with Gasteiger partial charge in [0.25, 0.3) is 5.91 Å². The van der Waals surface area contributed by atoms with Crippen LogP contribution in [0.25, 0.3) is 0 Å². The van der Waals surface area contributed by atoms with Crippen LogP contribution in [-0.4, -0.2) is 23.6 Å². The van der Waals surface area contributed by atoms with E-state index in [0.29, 0.717) is 18.4 Å². The van der Waals surface area contributed by atoms with Gasteiger partial charge >= 0.3 is 0 Å². The normalized spacial score (nSPS) is 21.3. The maximum Gasteiger partial charge on any atom is 0.274 e. The maximum absolute atomic E-state index is 13.3. The zero-order valence-corrected chi connectivity index (χ0v) is 15.4. The largest absolute Gasteiger partial charge is 0.312 e. The molecule has 2 aromatic rings. The number of hydroxylamine groups is 1. The predicted molar refractivity (Wildman–Crippen MR) is 104 cm³/mol. The van der Waals surface area contributed by atoms with Crippen molar-refractivity contribution in [2.24, 2.45) is 5.41 Å². The van der Waals surface area contributed by atoms with Gasteiger partial charge in [-0.2, -0.15) is 13.5 Å². The van der Waals surface area contributed by atoms with Crippen LogP contribution >= 0.6 is 13.5 Å². The molecule has 6 heteroatoms. The summed E-state index contributed by atoms with van der Waals surface area (Å²) in [5.41, 5.74) is 4.77. The van der Waals surface area contributed by atoms with Gasteiger partial charge in [-0.05, 0) is 61.1 Å². The molecule has 5 nitrogen and oxygen atoms in total. The fourth-order valence-corrected chi connectivity index (χ4v) is 4.21. The fourth-order valence-electron chi connectivity index (χ4n) is 4.21. The molecule has 1 aliphatic carbocycles. The van der Waals surface area contributed by atoms with Crippen LogP contribution in [0.2, 0.25) is 0 Å². The predicted octanol–water partition coefficient (Wildman–Crippen LogP) is 2.83. The lowest BCUT2D eigenvalue weighted by molar-refractivity contribution is -0.129. The molecule has 1 spiro atoms. The molecule has 2 N–H and O–H groups in total. The molecule has 0 bridgehead atoms. The quantitative estimate of drug-likeness (QED) is 0.631.